The maximum atomic E-state index is 11.3. The number of carboxylic acid groups (broad SMARTS) is 1. The molecule has 0 radical (unpaired) electrons. The number of rotatable bonds is 6. The first-order valence-electron chi connectivity index (χ1n) is 4.95. The van der Waals surface area contributed by atoms with Crippen molar-refractivity contribution >= 4 is 31.6 Å². The van der Waals surface area contributed by atoms with Gasteiger partial charge in [-0.1, -0.05) is 0 Å². The maximum absolute atomic E-state index is 11.3. The van der Waals surface area contributed by atoms with Crippen LogP contribution >= 0.6 is 10.7 Å². The lowest BCUT2D eigenvalue weighted by molar-refractivity contribution is -0.118. The molecule has 0 saturated carbocycles. The van der Waals surface area contributed by atoms with Gasteiger partial charge in [0.1, 0.15) is 10.6 Å². The summed E-state index contributed by atoms with van der Waals surface area (Å²) in [5.41, 5.74) is 4.65. The van der Waals surface area contributed by atoms with Gasteiger partial charge in [0, 0.05) is 10.7 Å². The molecule has 0 unspecified atom stereocenters. The van der Waals surface area contributed by atoms with E-state index < -0.39 is 25.8 Å². The van der Waals surface area contributed by atoms with Gasteiger partial charge in [-0.3, -0.25) is 4.79 Å². The minimum Gasteiger partial charge on any atom is -0.492 e. The Morgan fingerprint density at radius 1 is 1.37 bits per heavy atom. The number of carbonyl (C=O) groups excluding carboxylic acids is 1. The van der Waals surface area contributed by atoms with Gasteiger partial charge >= 0.3 is 5.97 Å². The predicted octanol–water partition coefficient (Wildman–Crippen LogP) is 0.566. The third kappa shape index (κ3) is 4.42. The molecule has 0 fully saturated rings. The number of carboxylic acids is 1. The highest BCUT2D eigenvalue weighted by molar-refractivity contribution is 8.13. The molecule has 0 heterocycles. The second kappa shape index (κ2) is 5.89. The van der Waals surface area contributed by atoms with Crippen molar-refractivity contribution in [3.8, 4) is 5.75 Å². The van der Waals surface area contributed by atoms with E-state index in [0.717, 1.165) is 18.2 Å². The zero-order chi connectivity index (χ0) is 14.6. The Morgan fingerprint density at radius 3 is 2.47 bits per heavy atom. The van der Waals surface area contributed by atoms with Gasteiger partial charge in [0.2, 0.25) is 5.91 Å². The monoisotopic (exact) mass is 307 g/mol. The molecular formula is C10H10ClNO6S. The van der Waals surface area contributed by atoms with Crippen LogP contribution in [0.15, 0.2) is 23.1 Å². The first-order valence-corrected chi connectivity index (χ1v) is 7.26. The molecule has 0 aliphatic rings. The normalized spacial score (nSPS) is 11.0. The Kier molecular flexibility index (Phi) is 4.73. The molecule has 104 valence electrons. The third-order valence-corrected chi connectivity index (χ3v) is 3.40. The maximum Gasteiger partial charge on any atom is 0.335 e. The number of ether oxygens (including phenoxy) is 1. The van der Waals surface area contributed by atoms with Crippen LogP contribution < -0.4 is 10.5 Å². The van der Waals surface area contributed by atoms with E-state index in [1.54, 1.807) is 0 Å². The van der Waals surface area contributed by atoms with E-state index in [9.17, 15) is 18.0 Å². The first kappa shape index (κ1) is 15.3. The highest BCUT2D eigenvalue weighted by Crippen LogP contribution is 2.28. The fourth-order valence-electron chi connectivity index (χ4n) is 1.21. The Balaban J connectivity index is 3.10. The van der Waals surface area contributed by atoms with Crippen LogP contribution in [0.4, 0.5) is 0 Å². The number of nitrogens with two attached hydrogens (primary N) is 1. The summed E-state index contributed by atoms with van der Waals surface area (Å²) in [7, 11) is 1.02. The molecule has 0 spiro atoms. The minimum atomic E-state index is -4.17. The summed E-state index contributed by atoms with van der Waals surface area (Å²) in [4.78, 5) is 20.8. The van der Waals surface area contributed by atoms with Gasteiger partial charge in [0.05, 0.1) is 18.6 Å². The lowest BCUT2D eigenvalue weighted by Gasteiger charge is -2.09. The standard InChI is InChI=1S/C10H10ClNO6S/c11-19(16,17)8-5-6(10(14)15)1-2-7(8)18-4-3-9(12)13/h1-2,5H,3-4H2,(H2,12,13)(H,14,15). The third-order valence-electron chi connectivity index (χ3n) is 2.06. The fourth-order valence-corrected chi connectivity index (χ4v) is 2.21. The van der Waals surface area contributed by atoms with Crippen molar-refractivity contribution < 1.29 is 27.9 Å². The second-order valence-electron chi connectivity index (χ2n) is 3.47. The smallest absolute Gasteiger partial charge is 0.335 e. The number of hydrogen-bond donors (Lipinski definition) is 2. The van der Waals surface area contributed by atoms with Crippen LogP contribution in [0.25, 0.3) is 0 Å². The van der Waals surface area contributed by atoms with Gasteiger partial charge in [0.15, 0.2) is 0 Å². The Morgan fingerprint density at radius 2 is 2.00 bits per heavy atom. The minimum absolute atomic E-state index is 0.109. The molecule has 9 heteroatoms. The molecule has 1 aromatic rings. The van der Waals surface area contributed by atoms with E-state index in [4.69, 9.17) is 26.3 Å². The molecule has 0 aliphatic heterocycles. The quantitative estimate of drug-likeness (QED) is 0.740. The molecule has 19 heavy (non-hydrogen) atoms. The van der Waals surface area contributed by atoms with Gasteiger partial charge < -0.3 is 15.6 Å². The molecule has 1 rings (SSSR count). The van der Waals surface area contributed by atoms with Crippen molar-refractivity contribution in [2.75, 3.05) is 6.61 Å². The summed E-state index contributed by atoms with van der Waals surface area (Å²) >= 11 is 0. The highest BCUT2D eigenvalue weighted by Gasteiger charge is 2.19. The average Bonchev–Trinajstić information content (AvgIpc) is 2.27. The molecule has 0 aromatic heterocycles. The molecule has 1 aromatic carbocycles. The Bertz CT molecular complexity index is 612. The van der Waals surface area contributed by atoms with Gasteiger partial charge in [-0.2, -0.15) is 0 Å². The van der Waals surface area contributed by atoms with Gasteiger partial charge in [0.25, 0.3) is 9.05 Å². The number of aromatic carboxylic acids is 1. The zero-order valence-electron chi connectivity index (χ0n) is 9.50. The summed E-state index contributed by atoms with van der Waals surface area (Å²) < 4.78 is 27.7. The topological polar surface area (TPSA) is 124 Å². The lowest BCUT2D eigenvalue weighted by Crippen LogP contribution is -2.15. The van der Waals surface area contributed by atoms with E-state index >= 15 is 0 Å². The van der Waals surface area contributed by atoms with Crippen molar-refractivity contribution in [2.45, 2.75) is 11.3 Å². The van der Waals surface area contributed by atoms with Gasteiger partial charge in [-0.05, 0) is 18.2 Å². The van der Waals surface area contributed by atoms with E-state index in [1.807, 2.05) is 0 Å². The van der Waals surface area contributed by atoms with Crippen molar-refractivity contribution in [3.63, 3.8) is 0 Å². The van der Waals surface area contributed by atoms with Crippen molar-refractivity contribution in [1.29, 1.82) is 0 Å². The van der Waals surface area contributed by atoms with Crippen LogP contribution in [0.5, 0.6) is 5.75 Å². The zero-order valence-corrected chi connectivity index (χ0v) is 11.1. The largest absolute Gasteiger partial charge is 0.492 e. The predicted molar refractivity (Wildman–Crippen MR) is 65.7 cm³/mol. The molecule has 7 nitrogen and oxygen atoms in total. The van der Waals surface area contributed by atoms with Crippen LogP contribution in [-0.4, -0.2) is 32.0 Å². The summed E-state index contributed by atoms with van der Waals surface area (Å²) in [5.74, 6) is -2.05. The summed E-state index contributed by atoms with van der Waals surface area (Å²) in [6, 6.07) is 3.19. The highest BCUT2D eigenvalue weighted by atomic mass is 35.7. The number of amides is 1. The van der Waals surface area contributed by atoms with Crippen molar-refractivity contribution in [1.82, 2.24) is 0 Å². The molecule has 0 saturated heterocycles. The molecule has 0 bridgehead atoms. The van der Waals surface area contributed by atoms with Crippen molar-refractivity contribution in [2.24, 2.45) is 5.73 Å². The van der Waals surface area contributed by atoms with Crippen LogP contribution in [0.3, 0.4) is 0 Å². The molecule has 0 atom stereocenters. The van der Waals surface area contributed by atoms with Crippen molar-refractivity contribution in [3.05, 3.63) is 23.8 Å². The van der Waals surface area contributed by atoms with Crippen LogP contribution in [0.1, 0.15) is 16.8 Å². The molecule has 3 N–H and O–H groups in total. The fraction of sp³-hybridized carbons (Fsp3) is 0.200. The van der Waals surface area contributed by atoms with E-state index in [-0.39, 0.29) is 24.3 Å². The Hall–Kier alpha value is -1.80. The number of primary amides is 1. The average molecular weight is 308 g/mol. The Labute approximate surface area is 113 Å². The number of benzene rings is 1. The van der Waals surface area contributed by atoms with E-state index in [0.29, 0.717) is 0 Å². The van der Waals surface area contributed by atoms with Crippen LogP contribution in [0.2, 0.25) is 0 Å². The molecule has 1 amide bonds. The first-order chi connectivity index (χ1) is 8.71. The molecule has 0 aliphatic carbocycles. The number of hydrogen-bond acceptors (Lipinski definition) is 5. The molecular weight excluding hydrogens is 298 g/mol. The SMILES string of the molecule is NC(=O)CCOc1ccc(C(=O)O)cc1S(=O)(=O)Cl. The van der Waals surface area contributed by atoms with Gasteiger partial charge in [-0.25, -0.2) is 13.2 Å². The van der Waals surface area contributed by atoms with Crippen LogP contribution in [-0.2, 0) is 13.8 Å². The number of carbonyl (C=O) groups is 2. The number of halogens is 1. The van der Waals surface area contributed by atoms with Gasteiger partial charge in [-0.15, -0.1) is 0 Å². The van der Waals surface area contributed by atoms with E-state index in [2.05, 4.69) is 0 Å². The van der Waals surface area contributed by atoms with Crippen LogP contribution in [0, 0.1) is 0 Å². The second-order valence-corrected chi connectivity index (χ2v) is 6.00. The summed E-state index contributed by atoms with van der Waals surface area (Å²) in [5, 5.41) is 8.77. The van der Waals surface area contributed by atoms with E-state index in [1.165, 1.54) is 0 Å². The lowest BCUT2D eigenvalue weighted by atomic mass is 10.2. The summed E-state index contributed by atoms with van der Waals surface area (Å²) in [6.45, 7) is -0.138. The summed E-state index contributed by atoms with van der Waals surface area (Å²) in [6.07, 6.45) is -0.109.